The predicted molar refractivity (Wildman–Crippen MR) is 73.0 cm³/mol. The van der Waals surface area contributed by atoms with E-state index in [0.29, 0.717) is 17.9 Å². The number of nitrogens with one attached hydrogen (secondary N) is 1. The van der Waals surface area contributed by atoms with E-state index in [9.17, 15) is 13.2 Å². The smallest absolute Gasteiger partial charge is 0.362 e. The largest absolute Gasteiger partial charge is 0.427 e. The molecule has 2 heterocycles. The third-order valence-corrected chi connectivity index (χ3v) is 3.51. The van der Waals surface area contributed by atoms with Gasteiger partial charge in [0, 0.05) is 32.4 Å². The van der Waals surface area contributed by atoms with Gasteiger partial charge in [-0.2, -0.15) is 13.2 Å². The monoisotopic (exact) mass is 302 g/mol. The number of nitrogens with zero attached hydrogens (tertiary/aromatic N) is 3. The molecule has 0 radical (unpaired) electrons. The van der Waals surface area contributed by atoms with Crippen LogP contribution >= 0.6 is 11.3 Å². The lowest BCUT2D eigenvalue weighted by molar-refractivity contribution is -0.134. The molecule has 0 unspecified atom stereocenters. The van der Waals surface area contributed by atoms with Gasteiger partial charge in [-0.15, -0.1) is 0 Å². The summed E-state index contributed by atoms with van der Waals surface area (Å²) in [6.45, 7) is 0.367. The summed E-state index contributed by atoms with van der Waals surface area (Å²) in [5.74, 6) is 0.771. The minimum atomic E-state index is -4.35. The van der Waals surface area contributed by atoms with Gasteiger partial charge in [0.2, 0.25) is 0 Å². The second-order valence-corrected chi connectivity index (χ2v) is 5.29. The molecule has 0 aliphatic carbocycles. The van der Waals surface area contributed by atoms with Crippen molar-refractivity contribution in [3.05, 3.63) is 35.0 Å². The van der Waals surface area contributed by atoms with Crippen molar-refractivity contribution in [2.45, 2.75) is 12.7 Å². The fourth-order valence-corrected chi connectivity index (χ4v) is 2.31. The zero-order valence-electron chi connectivity index (χ0n) is 10.9. The van der Waals surface area contributed by atoms with E-state index in [2.05, 4.69) is 15.3 Å². The molecule has 0 saturated carbocycles. The van der Waals surface area contributed by atoms with Gasteiger partial charge in [0.05, 0.1) is 6.20 Å². The third kappa shape index (κ3) is 3.38. The first-order valence-electron chi connectivity index (χ1n) is 5.76. The molecule has 0 aliphatic rings. The van der Waals surface area contributed by atoms with Crippen molar-refractivity contribution in [2.24, 2.45) is 0 Å². The molecule has 1 N–H and O–H groups in total. The van der Waals surface area contributed by atoms with Crippen LogP contribution in [0, 0.1) is 0 Å². The number of hydrogen-bond acceptors (Lipinski definition) is 5. The van der Waals surface area contributed by atoms with E-state index < -0.39 is 11.1 Å². The highest BCUT2D eigenvalue weighted by Crippen LogP contribution is 2.35. The summed E-state index contributed by atoms with van der Waals surface area (Å²) in [7, 11) is 3.72. The van der Waals surface area contributed by atoms with Crippen LogP contribution < -0.4 is 10.2 Å². The molecule has 0 bridgehead atoms. The van der Waals surface area contributed by atoms with Crippen molar-refractivity contribution in [2.75, 3.05) is 24.3 Å². The second kappa shape index (κ2) is 5.66. The van der Waals surface area contributed by atoms with Gasteiger partial charge in [-0.1, -0.05) is 17.4 Å². The van der Waals surface area contributed by atoms with Crippen LogP contribution in [0.25, 0.3) is 0 Å². The highest BCUT2D eigenvalue weighted by Gasteiger charge is 2.33. The Bertz CT molecular complexity index is 580. The molecule has 0 fully saturated rings. The lowest BCUT2D eigenvalue weighted by Gasteiger charge is -2.15. The number of rotatable bonds is 4. The van der Waals surface area contributed by atoms with Crippen LogP contribution in [0.1, 0.15) is 10.4 Å². The number of anilines is 2. The molecule has 108 valence electrons. The fourth-order valence-electron chi connectivity index (χ4n) is 1.63. The maximum atomic E-state index is 12.5. The van der Waals surface area contributed by atoms with Crippen molar-refractivity contribution >= 4 is 22.3 Å². The molecule has 0 spiro atoms. The van der Waals surface area contributed by atoms with E-state index in [4.69, 9.17) is 0 Å². The van der Waals surface area contributed by atoms with Gasteiger partial charge in [0.1, 0.15) is 10.7 Å². The number of alkyl halides is 3. The van der Waals surface area contributed by atoms with Gasteiger partial charge < -0.3 is 10.2 Å². The SMILES string of the molecule is CN(C)c1ncccc1CNc1ncc(C(F)(F)F)s1. The number of thiazole rings is 1. The Morgan fingerprint density at radius 1 is 1.30 bits per heavy atom. The molecule has 2 aromatic rings. The average Bonchev–Trinajstić information content (AvgIpc) is 2.85. The maximum absolute atomic E-state index is 12.5. The minimum absolute atomic E-state index is 0.242. The first-order chi connectivity index (χ1) is 9.38. The van der Waals surface area contributed by atoms with Crippen molar-refractivity contribution in [1.82, 2.24) is 9.97 Å². The Kier molecular flexibility index (Phi) is 4.12. The fraction of sp³-hybridized carbons (Fsp3) is 0.333. The topological polar surface area (TPSA) is 41.1 Å². The second-order valence-electron chi connectivity index (χ2n) is 4.26. The zero-order valence-corrected chi connectivity index (χ0v) is 11.7. The van der Waals surface area contributed by atoms with E-state index in [-0.39, 0.29) is 5.13 Å². The Morgan fingerprint density at radius 3 is 2.65 bits per heavy atom. The molecule has 20 heavy (non-hydrogen) atoms. The standard InChI is InChI=1S/C12H13F3N4S/c1-19(2)10-8(4-3-5-16-10)6-17-11-18-7-9(20-11)12(13,14)15/h3-5,7H,6H2,1-2H3,(H,17,18). The molecular weight excluding hydrogens is 289 g/mol. The van der Waals surface area contributed by atoms with Crippen LogP contribution in [0.3, 0.4) is 0 Å². The van der Waals surface area contributed by atoms with Crippen LogP contribution in [0.15, 0.2) is 24.5 Å². The molecule has 0 amide bonds. The maximum Gasteiger partial charge on any atom is 0.427 e. The van der Waals surface area contributed by atoms with Gasteiger partial charge >= 0.3 is 6.18 Å². The van der Waals surface area contributed by atoms with Crippen LogP contribution in [-0.2, 0) is 12.7 Å². The molecular formula is C12H13F3N4S. The van der Waals surface area contributed by atoms with E-state index in [1.807, 2.05) is 25.1 Å². The molecule has 2 rings (SSSR count). The Balaban J connectivity index is 2.08. The van der Waals surface area contributed by atoms with Gasteiger partial charge in [0.15, 0.2) is 5.13 Å². The molecule has 2 aromatic heterocycles. The predicted octanol–water partition coefficient (Wildman–Crippen LogP) is 3.24. The Hall–Kier alpha value is -1.83. The minimum Gasteiger partial charge on any atom is -0.362 e. The quantitative estimate of drug-likeness (QED) is 0.941. The van der Waals surface area contributed by atoms with E-state index >= 15 is 0 Å². The molecule has 0 aliphatic heterocycles. The van der Waals surface area contributed by atoms with Crippen LogP contribution in [-0.4, -0.2) is 24.1 Å². The highest BCUT2D eigenvalue weighted by molar-refractivity contribution is 7.15. The van der Waals surface area contributed by atoms with E-state index in [0.717, 1.165) is 17.6 Å². The van der Waals surface area contributed by atoms with Crippen LogP contribution in [0.2, 0.25) is 0 Å². The molecule has 0 saturated heterocycles. The Labute approximate surface area is 118 Å². The Morgan fingerprint density at radius 2 is 2.05 bits per heavy atom. The van der Waals surface area contributed by atoms with Crippen LogP contribution in [0.4, 0.5) is 24.1 Å². The zero-order chi connectivity index (χ0) is 14.8. The summed E-state index contributed by atoms with van der Waals surface area (Å²) < 4.78 is 37.4. The number of halogens is 3. The average molecular weight is 302 g/mol. The lowest BCUT2D eigenvalue weighted by atomic mass is 10.2. The number of aromatic nitrogens is 2. The summed E-state index contributed by atoms with van der Waals surface area (Å²) in [5.41, 5.74) is 0.890. The lowest BCUT2D eigenvalue weighted by Crippen LogP contribution is -2.14. The van der Waals surface area contributed by atoms with Crippen molar-refractivity contribution < 1.29 is 13.2 Å². The van der Waals surface area contributed by atoms with Gasteiger partial charge in [-0.05, 0) is 6.07 Å². The van der Waals surface area contributed by atoms with Crippen LogP contribution in [0.5, 0.6) is 0 Å². The highest BCUT2D eigenvalue weighted by atomic mass is 32.1. The first kappa shape index (κ1) is 14.6. The van der Waals surface area contributed by atoms with Crippen molar-refractivity contribution in [1.29, 1.82) is 0 Å². The third-order valence-electron chi connectivity index (χ3n) is 2.51. The molecule has 0 atom stereocenters. The molecule has 4 nitrogen and oxygen atoms in total. The summed E-state index contributed by atoms with van der Waals surface area (Å²) in [6.07, 6.45) is -1.84. The summed E-state index contributed by atoms with van der Waals surface area (Å²) in [4.78, 5) is 9.09. The van der Waals surface area contributed by atoms with Gasteiger partial charge in [0.25, 0.3) is 0 Å². The number of pyridine rings is 1. The van der Waals surface area contributed by atoms with E-state index in [1.165, 1.54) is 0 Å². The van der Waals surface area contributed by atoms with Gasteiger partial charge in [-0.25, -0.2) is 9.97 Å². The normalized spacial score (nSPS) is 11.4. The summed E-state index contributed by atoms with van der Waals surface area (Å²) in [5, 5.41) is 3.13. The van der Waals surface area contributed by atoms with E-state index in [1.54, 1.807) is 12.3 Å². The summed E-state index contributed by atoms with van der Waals surface area (Å²) >= 11 is 0.592. The first-order valence-corrected chi connectivity index (χ1v) is 6.57. The molecule has 0 aromatic carbocycles. The summed E-state index contributed by atoms with van der Waals surface area (Å²) in [6, 6.07) is 3.65. The molecule has 8 heteroatoms. The van der Waals surface area contributed by atoms with Gasteiger partial charge in [-0.3, -0.25) is 0 Å². The number of hydrogen-bond donors (Lipinski definition) is 1. The van der Waals surface area contributed by atoms with Crippen molar-refractivity contribution in [3.8, 4) is 0 Å². The van der Waals surface area contributed by atoms with Crippen molar-refractivity contribution in [3.63, 3.8) is 0 Å².